The highest BCUT2D eigenvalue weighted by molar-refractivity contribution is 9.37. The molecule has 0 fully saturated rings. The summed E-state index contributed by atoms with van der Waals surface area (Å²) in [5.74, 6) is -0.0490. The minimum Gasteiger partial charge on any atom is -0.248 e. The van der Waals surface area contributed by atoms with E-state index in [-0.39, 0.29) is 5.92 Å². The lowest BCUT2D eigenvalue weighted by Gasteiger charge is -2.10. The first-order chi connectivity index (χ1) is 6.02. The van der Waals surface area contributed by atoms with Gasteiger partial charge in [0.25, 0.3) is 0 Å². The van der Waals surface area contributed by atoms with E-state index in [4.69, 9.17) is 27.6 Å². The van der Waals surface area contributed by atoms with Gasteiger partial charge in [0.1, 0.15) is 0 Å². The zero-order chi connectivity index (χ0) is 10.3. The van der Waals surface area contributed by atoms with Crippen molar-refractivity contribution in [1.29, 1.82) is 5.26 Å². The van der Waals surface area contributed by atoms with E-state index in [2.05, 4.69) is 22.5 Å². The zero-order valence-electron chi connectivity index (χ0n) is 6.63. The van der Waals surface area contributed by atoms with Gasteiger partial charge >= 0.3 is 0 Å². The first kappa shape index (κ1) is 14.6. The molecule has 13 heavy (non-hydrogen) atoms. The summed E-state index contributed by atoms with van der Waals surface area (Å²) in [6.45, 7) is 2.39. The smallest absolute Gasteiger partial charge is 0.0666 e. The van der Waals surface area contributed by atoms with E-state index in [0.29, 0.717) is 6.54 Å². The van der Waals surface area contributed by atoms with Crippen LogP contribution in [0, 0.1) is 17.2 Å². The van der Waals surface area contributed by atoms with Gasteiger partial charge in [0.15, 0.2) is 0 Å². The van der Waals surface area contributed by atoms with E-state index in [1.807, 2.05) is 6.92 Å². The van der Waals surface area contributed by atoms with Gasteiger partial charge in [0.2, 0.25) is 0 Å². The van der Waals surface area contributed by atoms with E-state index < -0.39 is 6.36 Å². The topological polar surface area (TPSA) is 35.8 Å². The van der Waals surface area contributed by atoms with Gasteiger partial charge in [0.05, 0.1) is 12.0 Å². The summed E-state index contributed by atoms with van der Waals surface area (Å²) in [6.07, 6.45) is -1.67. The SMILES string of the molecule is CC(C#N)CNS(=S)(=S)SSSS. The lowest BCUT2D eigenvalue weighted by atomic mass is 10.2. The van der Waals surface area contributed by atoms with Crippen LogP contribution >= 0.6 is 41.1 Å². The Morgan fingerprint density at radius 2 is 2.31 bits per heavy atom. The Balaban J connectivity index is 3.84. The van der Waals surface area contributed by atoms with Gasteiger partial charge in [-0.15, -0.1) is 0 Å². The first-order valence-electron chi connectivity index (χ1n) is 3.07. The number of rotatable bonds is 6. The summed E-state index contributed by atoms with van der Waals surface area (Å²) in [5, 5.41) is 8.53. The summed E-state index contributed by atoms with van der Waals surface area (Å²) in [4.78, 5) is 0. The molecule has 0 aliphatic carbocycles. The Morgan fingerprint density at radius 1 is 1.69 bits per heavy atom. The number of nitrogens with zero attached hydrogens (tertiary/aromatic N) is 1. The van der Waals surface area contributed by atoms with Gasteiger partial charge in [-0.3, -0.25) is 0 Å². The van der Waals surface area contributed by atoms with Crippen LogP contribution in [0.5, 0.6) is 0 Å². The van der Waals surface area contributed by atoms with Crippen molar-refractivity contribution in [2.24, 2.45) is 5.92 Å². The summed E-state index contributed by atoms with van der Waals surface area (Å²) >= 11 is 14.3. The van der Waals surface area contributed by atoms with E-state index in [0.717, 1.165) is 0 Å². The predicted octanol–water partition coefficient (Wildman–Crippen LogP) is 2.52. The number of nitrogens with one attached hydrogen (secondary N) is 1. The van der Waals surface area contributed by atoms with Gasteiger partial charge in [-0.25, -0.2) is 4.72 Å². The third-order valence-corrected chi connectivity index (χ3v) is 12.5. The standard InChI is InChI=1S/C4H8N2S7/c1-4(2-5)3-6-13(8,9)12-11-10-7/h4,6-7H,3H2,1H3. The van der Waals surface area contributed by atoms with Crippen molar-refractivity contribution >= 4 is 69.9 Å². The molecular formula is C4H8N2S7. The number of nitriles is 1. The molecule has 76 valence electrons. The Hall–Kier alpha value is 1.64. The molecule has 0 saturated carbocycles. The number of hydrogen-bond donors (Lipinski definition) is 2. The third kappa shape index (κ3) is 8.62. The molecule has 0 radical (unpaired) electrons. The van der Waals surface area contributed by atoms with Gasteiger partial charge in [0, 0.05) is 22.7 Å². The van der Waals surface area contributed by atoms with E-state index in [1.54, 1.807) is 0 Å². The van der Waals surface area contributed by atoms with E-state index in [9.17, 15) is 0 Å². The molecule has 0 amide bonds. The van der Waals surface area contributed by atoms with Crippen LogP contribution in [0.15, 0.2) is 0 Å². The molecule has 0 saturated heterocycles. The van der Waals surface area contributed by atoms with Crippen molar-refractivity contribution in [3.05, 3.63) is 0 Å². The minimum atomic E-state index is -1.67. The lowest BCUT2D eigenvalue weighted by Crippen LogP contribution is -2.23. The molecular weight excluding hydrogens is 301 g/mol. The average molecular weight is 309 g/mol. The first-order valence-corrected chi connectivity index (χ1v) is 11.6. The molecule has 0 aliphatic rings. The van der Waals surface area contributed by atoms with Gasteiger partial charge in [-0.05, 0) is 49.0 Å². The molecule has 0 aromatic carbocycles. The number of hydrogen-bond acceptors (Lipinski definition) is 7. The zero-order valence-corrected chi connectivity index (χ0v) is 12.4. The van der Waals surface area contributed by atoms with Gasteiger partial charge in [-0.1, -0.05) is 11.7 Å². The fourth-order valence-electron chi connectivity index (χ4n) is 0.346. The van der Waals surface area contributed by atoms with Crippen molar-refractivity contribution in [1.82, 2.24) is 4.72 Å². The van der Waals surface area contributed by atoms with Crippen molar-refractivity contribution in [2.75, 3.05) is 6.54 Å². The van der Waals surface area contributed by atoms with Crippen LogP contribution in [0.2, 0.25) is 0 Å². The highest BCUT2D eigenvalue weighted by atomic mass is 33.9. The van der Waals surface area contributed by atoms with Crippen molar-refractivity contribution < 1.29 is 0 Å². The molecule has 0 aromatic rings. The molecule has 0 bridgehead atoms. The summed E-state index contributed by atoms with van der Waals surface area (Å²) in [7, 11) is 4.21. The molecule has 9 heteroatoms. The van der Waals surface area contributed by atoms with Crippen molar-refractivity contribution in [3.8, 4) is 6.07 Å². The normalized spacial score (nSPS) is 13.6. The minimum absolute atomic E-state index is 0.0490. The highest BCUT2D eigenvalue weighted by Crippen LogP contribution is 2.40. The maximum Gasteiger partial charge on any atom is 0.0666 e. The maximum absolute atomic E-state index is 8.53. The molecule has 0 aromatic heterocycles. The lowest BCUT2D eigenvalue weighted by molar-refractivity contribution is 0.724. The second-order valence-corrected chi connectivity index (χ2v) is 15.1. The molecule has 0 rings (SSSR count). The van der Waals surface area contributed by atoms with Crippen LogP contribution in [0.1, 0.15) is 6.92 Å². The largest absolute Gasteiger partial charge is 0.248 e. The van der Waals surface area contributed by atoms with Gasteiger partial charge < -0.3 is 0 Å². The quantitative estimate of drug-likeness (QED) is 0.577. The maximum atomic E-state index is 8.53. The van der Waals surface area contributed by atoms with Crippen LogP contribution in [0.3, 0.4) is 0 Å². The monoisotopic (exact) mass is 308 g/mol. The Kier molecular flexibility index (Phi) is 8.86. The molecule has 1 unspecified atom stereocenters. The molecule has 0 spiro atoms. The van der Waals surface area contributed by atoms with Crippen LogP contribution in [-0.2, 0) is 28.7 Å². The molecule has 0 heterocycles. The fraction of sp³-hybridized carbons (Fsp3) is 0.750. The second kappa shape index (κ2) is 7.87. The summed E-state index contributed by atoms with van der Waals surface area (Å²) in [5.41, 5.74) is 0. The third-order valence-electron chi connectivity index (χ3n) is 0.934. The highest BCUT2D eigenvalue weighted by Gasteiger charge is 2.05. The molecule has 0 aliphatic heterocycles. The number of thiol groups is 1. The van der Waals surface area contributed by atoms with Gasteiger partial charge in [-0.2, -0.15) is 5.26 Å². The molecule has 1 N–H and O–H groups in total. The van der Waals surface area contributed by atoms with E-state index >= 15 is 0 Å². The Labute approximate surface area is 104 Å². The molecule has 2 nitrogen and oxygen atoms in total. The Bertz CT molecular complexity index is 265. The van der Waals surface area contributed by atoms with E-state index in [1.165, 1.54) is 29.5 Å². The van der Waals surface area contributed by atoms with Crippen LogP contribution in [-0.4, -0.2) is 6.54 Å². The fourth-order valence-corrected chi connectivity index (χ4v) is 11.6. The second-order valence-electron chi connectivity index (χ2n) is 2.04. The van der Waals surface area contributed by atoms with Crippen LogP contribution in [0.25, 0.3) is 0 Å². The average Bonchev–Trinajstić information content (AvgIpc) is 2.11. The van der Waals surface area contributed by atoms with Crippen LogP contribution in [0.4, 0.5) is 0 Å². The summed E-state index contributed by atoms with van der Waals surface area (Å²) < 4.78 is 3.03. The predicted molar refractivity (Wildman–Crippen MR) is 76.6 cm³/mol. The molecule has 1 atom stereocenters. The Morgan fingerprint density at radius 3 is 2.77 bits per heavy atom. The van der Waals surface area contributed by atoms with Crippen LogP contribution < -0.4 is 4.72 Å². The summed E-state index contributed by atoms with van der Waals surface area (Å²) in [6, 6.07) is 2.12. The van der Waals surface area contributed by atoms with Crippen molar-refractivity contribution in [3.63, 3.8) is 0 Å². The van der Waals surface area contributed by atoms with Crippen molar-refractivity contribution in [2.45, 2.75) is 6.92 Å².